The number of nitrogens with one attached hydrogen (secondary N) is 2. The minimum absolute atomic E-state index is 0.0848. The first-order valence-electron chi connectivity index (χ1n) is 7.60. The molecule has 1 amide bonds. The summed E-state index contributed by atoms with van der Waals surface area (Å²) >= 11 is 0. The van der Waals surface area contributed by atoms with E-state index in [0.29, 0.717) is 13.0 Å². The molecule has 3 nitrogen and oxygen atoms in total. The van der Waals surface area contributed by atoms with Crippen molar-refractivity contribution in [2.75, 3.05) is 0 Å². The third-order valence-electron chi connectivity index (χ3n) is 3.98. The number of benzene rings is 2. The van der Waals surface area contributed by atoms with Crippen molar-refractivity contribution in [1.82, 2.24) is 10.3 Å². The van der Waals surface area contributed by atoms with Gasteiger partial charge in [-0.05, 0) is 23.1 Å². The van der Waals surface area contributed by atoms with Gasteiger partial charge in [-0.2, -0.15) is 0 Å². The third-order valence-corrected chi connectivity index (χ3v) is 3.98. The predicted molar refractivity (Wildman–Crippen MR) is 89.6 cm³/mol. The second-order valence-corrected chi connectivity index (χ2v) is 5.66. The summed E-state index contributed by atoms with van der Waals surface area (Å²) in [6.45, 7) is 2.68. The van der Waals surface area contributed by atoms with Crippen LogP contribution in [0.4, 0.5) is 0 Å². The number of rotatable bonds is 5. The number of amides is 1. The van der Waals surface area contributed by atoms with Gasteiger partial charge in [-0.3, -0.25) is 4.79 Å². The fourth-order valence-electron chi connectivity index (χ4n) is 2.76. The van der Waals surface area contributed by atoms with Crippen LogP contribution in [-0.4, -0.2) is 10.9 Å². The SMILES string of the molecule is C[C@@H](CC(=O)NCc1ccccc1)c1c[nH]c2ccccc12. The van der Waals surface area contributed by atoms with Gasteiger partial charge in [-0.25, -0.2) is 0 Å². The zero-order valence-electron chi connectivity index (χ0n) is 12.7. The Kier molecular flexibility index (Phi) is 4.24. The summed E-state index contributed by atoms with van der Waals surface area (Å²) in [4.78, 5) is 15.4. The van der Waals surface area contributed by atoms with Crippen LogP contribution < -0.4 is 5.32 Å². The largest absolute Gasteiger partial charge is 0.361 e. The van der Waals surface area contributed by atoms with E-state index < -0.39 is 0 Å². The second-order valence-electron chi connectivity index (χ2n) is 5.66. The molecule has 3 aromatic rings. The lowest BCUT2D eigenvalue weighted by Crippen LogP contribution is -2.23. The lowest BCUT2D eigenvalue weighted by molar-refractivity contribution is -0.121. The van der Waals surface area contributed by atoms with Crippen LogP contribution in [0.1, 0.15) is 30.4 Å². The number of hydrogen-bond acceptors (Lipinski definition) is 1. The van der Waals surface area contributed by atoms with Gasteiger partial charge in [0.1, 0.15) is 0 Å². The van der Waals surface area contributed by atoms with Gasteiger partial charge in [0.2, 0.25) is 5.91 Å². The molecule has 112 valence electrons. The normalized spacial score (nSPS) is 12.2. The zero-order valence-corrected chi connectivity index (χ0v) is 12.7. The van der Waals surface area contributed by atoms with E-state index in [0.717, 1.165) is 11.1 Å². The minimum Gasteiger partial charge on any atom is -0.361 e. The summed E-state index contributed by atoms with van der Waals surface area (Å²) in [5, 5.41) is 4.19. The van der Waals surface area contributed by atoms with Crippen molar-refractivity contribution < 1.29 is 4.79 Å². The highest BCUT2D eigenvalue weighted by Crippen LogP contribution is 2.27. The Morgan fingerprint density at radius 1 is 1.09 bits per heavy atom. The molecule has 3 rings (SSSR count). The van der Waals surface area contributed by atoms with Crippen LogP contribution in [0.15, 0.2) is 60.8 Å². The number of hydrogen-bond donors (Lipinski definition) is 2. The molecule has 0 fully saturated rings. The molecule has 3 heteroatoms. The van der Waals surface area contributed by atoms with Crippen molar-refractivity contribution in [3.05, 3.63) is 71.9 Å². The van der Waals surface area contributed by atoms with Crippen LogP contribution in [0.25, 0.3) is 10.9 Å². The first kappa shape index (κ1) is 14.4. The van der Waals surface area contributed by atoms with Gasteiger partial charge >= 0.3 is 0 Å². The standard InChI is InChI=1S/C19H20N2O/c1-14(17-13-20-18-10-6-5-9-16(17)18)11-19(22)21-12-15-7-3-2-4-8-15/h2-10,13-14,20H,11-12H2,1H3,(H,21,22)/t14-/m0/s1. The number of para-hydroxylation sites is 1. The number of H-pyrrole nitrogens is 1. The number of aromatic nitrogens is 1. The predicted octanol–water partition coefficient (Wildman–Crippen LogP) is 3.98. The van der Waals surface area contributed by atoms with Crippen LogP contribution >= 0.6 is 0 Å². The van der Waals surface area contributed by atoms with Crippen molar-refractivity contribution in [2.24, 2.45) is 0 Å². The van der Waals surface area contributed by atoms with E-state index in [2.05, 4.69) is 29.4 Å². The fourth-order valence-corrected chi connectivity index (χ4v) is 2.76. The van der Waals surface area contributed by atoms with Gasteiger partial charge in [-0.15, -0.1) is 0 Å². The molecule has 0 spiro atoms. The first-order valence-corrected chi connectivity index (χ1v) is 7.60. The molecule has 0 aliphatic rings. The van der Waals surface area contributed by atoms with Crippen molar-refractivity contribution in [3.63, 3.8) is 0 Å². The highest BCUT2D eigenvalue weighted by molar-refractivity contribution is 5.85. The van der Waals surface area contributed by atoms with E-state index >= 15 is 0 Å². The van der Waals surface area contributed by atoms with Crippen molar-refractivity contribution in [1.29, 1.82) is 0 Å². The van der Waals surface area contributed by atoms with Gasteiger partial charge in [-0.1, -0.05) is 55.5 Å². The molecule has 0 aliphatic carbocycles. The number of fused-ring (bicyclic) bond motifs is 1. The lowest BCUT2D eigenvalue weighted by Gasteiger charge is -2.11. The van der Waals surface area contributed by atoms with E-state index in [9.17, 15) is 4.79 Å². The maximum atomic E-state index is 12.1. The van der Waals surface area contributed by atoms with Gasteiger partial charge in [0.25, 0.3) is 0 Å². The Hall–Kier alpha value is -2.55. The van der Waals surface area contributed by atoms with Gasteiger partial charge in [0, 0.05) is 30.1 Å². The molecule has 1 heterocycles. The molecule has 22 heavy (non-hydrogen) atoms. The molecule has 0 bridgehead atoms. The maximum Gasteiger partial charge on any atom is 0.220 e. The van der Waals surface area contributed by atoms with Crippen LogP contribution in [0.5, 0.6) is 0 Å². The van der Waals surface area contributed by atoms with E-state index in [1.54, 1.807) is 0 Å². The first-order chi connectivity index (χ1) is 10.7. The van der Waals surface area contributed by atoms with E-state index in [-0.39, 0.29) is 11.8 Å². The third kappa shape index (κ3) is 3.19. The molecule has 0 radical (unpaired) electrons. The number of carbonyl (C=O) groups is 1. The molecule has 1 aromatic heterocycles. The quantitative estimate of drug-likeness (QED) is 0.734. The lowest BCUT2D eigenvalue weighted by atomic mass is 9.97. The molecule has 0 saturated heterocycles. The minimum atomic E-state index is 0.0848. The van der Waals surface area contributed by atoms with Gasteiger partial charge in [0.05, 0.1) is 0 Å². The molecule has 0 saturated carbocycles. The van der Waals surface area contributed by atoms with Crippen LogP contribution in [0, 0.1) is 0 Å². The zero-order chi connectivity index (χ0) is 15.4. The molecular formula is C19H20N2O. The summed E-state index contributed by atoms with van der Waals surface area (Å²) in [6, 6.07) is 18.2. The number of aromatic amines is 1. The van der Waals surface area contributed by atoms with Crippen molar-refractivity contribution in [3.8, 4) is 0 Å². The molecule has 1 atom stereocenters. The summed E-state index contributed by atoms with van der Waals surface area (Å²) in [6.07, 6.45) is 2.51. The summed E-state index contributed by atoms with van der Waals surface area (Å²) in [5.41, 5.74) is 3.44. The average Bonchev–Trinajstić information content (AvgIpc) is 2.98. The molecular weight excluding hydrogens is 272 g/mol. The Morgan fingerprint density at radius 3 is 2.64 bits per heavy atom. The summed E-state index contributed by atoms with van der Waals surface area (Å²) in [7, 11) is 0. The van der Waals surface area contributed by atoms with Gasteiger partial charge < -0.3 is 10.3 Å². The topological polar surface area (TPSA) is 44.9 Å². The van der Waals surface area contributed by atoms with E-state index in [1.165, 1.54) is 10.9 Å². The van der Waals surface area contributed by atoms with Crippen molar-refractivity contribution >= 4 is 16.8 Å². The second kappa shape index (κ2) is 6.48. The Balaban J connectivity index is 1.61. The Morgan fingerprint density at radius 2 is 1.82 bits per heavy atom. The van der Waals surface area contributed by atoms with Gasteiger partial charge in [0.15, 0.2) is 0 Å². The summed E-state index contributed by atoms with van der Waals surface area (Å²) in [5.74, 6) is 0.272. The summed E-state index contributed by atoms with van der Waals surface area (Å²) < 4.78 is 0. The molecule has 0 aliphatic heterocycles. The van der Waals surface area contributed by atoms with E-state index in [1.807, 2.05) is 48.7 Å². The fraction of sp³-hybridized carbons (Fsp3) is 0.211. The van der Waals surface area contributed by atoms with Crippen molar-refractivity contribution in [2.45, 2.75) is 25.8 Å². The van der Waals surface area contributed by atoms with E-state index in [4.69, 9.17) is 0 Å². The highest BCUT2D eigenvalue weighted by Gasteiger charge is 2.14. The highest BCUT2D eigenvalue weighted by atomic mass is 16.1. The van der Waals surface area contributed by atoms with Crippen LogP contribution in [0.2, 0.25) is 0 Å². The monoisotopic (exact) mass is 292 g/mol. The smallest absolute Gasteiger partial charge is 0.220 e. The Bertz CT molecular complexity index is 761. The Labute approximate surface area is 130 Å². The molecule has 2 aromatic carbocycles. The van der Waals surface area contributed by atoms with Crippen LogP contribution in [0.3, 0.4) is 0 Å². The maximum absolute atomic E-state index is 12.1. The average molecular weight is 292 g/mol. The number of carbonyl (C=O) groups excluding carboxylic acids is 1. The molecule has 0 unspecified atom stereocenters. The van der Waals surface area contributed by atoms with Crippen LogP contribution in [-0.2, 0) is 11.3 Å². The molecule has 2 N–H and O–H groups in total.